The maximum Gasteiger partial charge on any atom is 0.0947 e. The summed E-state index contributed by atoms with van der Waals surface area (Å²) in [5.41, 5.74) is 0. The van der Waals surface area contributed by atoms with Crippen LogP contribution in [0, 0.1) is 0 Å². The standard InChI is InChI=1S/C18H34N4O9/c23-12-14(15(25)13-24)22-7-5-20(10-17(28)29)3-1-19(9-16(26)27)2-4-21(6-8-22)11-18(30)31/h14-15,23-25H,1-13H2,(H,26,27)(H,28,29)(H,30,31)/p-3/t14-,15-/m1/s1. The summed E-state index contributed by atoms with van der Waals surface area (Å²) in [6, 6.07) is -0.836. The molecule has 31 heavy (non-hydrogen) atoms. The molecule has 0 bridgehead atoms. The number of aliphatic hydroxyl groups excluding tert-OH is 3. The molecule has 1 aliphatic heterocycles. The van der Waals surface area contributed by atoms with Gasteiger partial charge in [0.1, 0.15) is 0 Å². The third-order valence-corrected chi connectivity index (χ3v) is 5.22. The molecule has 0 amide bonds. The van der Waals surface area contributed by atoms with Gasteiger partial charge in [-0.1, -0.05) is 0 Å². The van der Waals surface area contributed by atoms with E-state index < -0.39 is 56.4 Å². The molecule has 1 rings (SSSR count). The van der Waals surface area contributed by atoms with Crippen LogP contribution in [0.3, 0.4) is 0 Å². The minimum absolute atomic E-state index is 0.196. The molecule has 1 heterocycles. The summed E-state index contributed by atoms with van der Waals surface area (Å²) in [4.78, 5) is 39.5. The molecule has 0 spiro atoms. The van der Waals surface area contributed by atoms with Crippen LogP contribution in [0.5, 0.6) is 0 Å². The highest BCUT2D eigenvalue weighted by Crippen LogP contribution is 2.08. The summed E-state index contributed by atoms with van der Waals surface area (Å²) in [5, 5.41) is 62.3. The maximum absolute atomic E-state index is 11.1. The fraction of sp³-hybridized carbons (Fsp3) is 0.833. The van der Waals surface area contributed by atoms with Crippen LogP contribution in [0.2, 0.25) is 0 Å². The van der Waals surface area contributed by atoms with Crippen molar-refractivity contribution in [3.8, 4) is 0 Å². The van der Waals surface area contributed by atoms with E-state index in [1.165, 1.54) is 4.90 Å². The Hall–Kier alpha value is -1.87. The van der Waals surface area contributed by atoms with Crippen molar-refractivity contribution in [2.45, 2.75) is 12.1 Å². The maximum atomic E-state index is 11.1. The van der Waals surface area contributed by atoms with Gasteiger partial charge in [-0.05, 0) is 0 Å². The largest absolute Gasteiger partial charge is 0.549 e. The van der Waals surface area contributed by atoms with E-state index >= 15 is 0 Å². The fourth-order valence-electron chi connectivity index (χ4n) is 3.51. The number of carbonyl (C=O) groups excluding carboxylic acids is 3. The van der Waals surface area contributed by atoms with Gasteiger partial charge in [-0.3, -0.25) is 19.6 Å². The molecule has 3 N–H and O–H groups in total. The van der Waals surface area contributed by atoms with Gasteiger partial charge in [0.15, 0.2) is 0 Å². The van der Waals surface area contributed by atoms with Gasteiger partial charge in [0.25, 0.3) is 0 Å². The SMILES string of the molecule is O=C([O-])CN1CCN(CC(=O)[O-])CCN([C@H](CO)[C@H](O)CO)CCN(CC(=O)[O-])CC1. The highest BCUT2D eigenvalue weighted by Gasteiger charge is 2.26. The molecule has 1 aliphatic rings. The van der Waals surface area contributed by atoms with E-state index in [4.69, 9.17) is 0 Å². The lowest BCUT2D eigenvalue weighted by Gasteiger charge is -2.38. The lowest BCUT2D eigenvalue weighted by Crippen LogP contribution is -2.55. The first kappa shape index (κ1) is 27.2. The van der Waals surface area contributed by atoms with Gasteiger partial charge in [0.2, 0.25) is 0 Å². The van der Waals surface area contributed by atoms with Crippen molar-refractivity contribution >= 4 is 17.9 Å². The summed E-state index contributed by atoms with van der Waals surface area (Å²) in [5.74, 6) is -3.92. The molecule has 180 valence electrons. The van der Waals surface area contributed by atoms with Gasteiger partial charge in [-0.2, -0.15) is 0 Å². The van der Waals surface area contributed by atoms with Gasteiger partial charge in [0, 0.05) is 72.0 Å². The van der Waals surface area contributed by atoms with Crippen molar-refractivity contribution < 1.29 is 45.0 Å². The summed E-state index contributed by atoms with van der Waals surface area (Å²) < 4.78 is 0. The third-order valence-electron chi connectivity index (χ3n) is 5.22. The summed E-state index contributed by atoms with van der Waals surface area (Å²) in [7, 11) is 0. The molecule has 0 radical (unpaired) electrons. The second-order valence-electron chi connectivity index (χ2n) is 7.48. The number of aliphatic carboxylic acids is 3. The number of hydrogen-bond acceptors (Lipinski definition) is 13. The molecule has 1 fully saturated rings. The van der Waals surface area contributed by atoms with Crippen molar-refractivity contribution in [3.05, 3.63) is 0 Å². The smallest absolute Gasteiger partial charge is 0.0947 e. The topological polar surface area (TPSA) is 194 Å². The van der Waals surface area contributed by atoms with Crippen molar-refractivity contribution in [3.63, 3.8) is 0 Å². The van der Waals surface area contributed by atoms with Gasteiger partial charge in [-0.25, -0.2) is 0 Å². The van der Waals surface area contributed by atoms with Crippen molar-refractivity contribution in [2.24, 2.45) is 0 Å². The number of carboxylic acid groups (broad SMARTS) is 3. The van der Waals surface area contributed by atoms with E-state index in [1.807, 2.05) is 0 Å². The predicted octanol–water partition coefficient (Wildman–Crippen LogP) is -7.83. The molecular weight excluding hydrogens is 416 g/mol. The highest BCUT2D eigenvalue weighted by molar-refractivity contribution is 5.67. The van der Waals surface area contributed by atoms with Crippen LogP contribution in [0.15, 0.2) is 0 Å². The predicted molar refractivity (Wildman–Crippen MR) is 99.9 cm³/mol. The second-order valence-corrected chi connectivity index (χ2v) is 7.48. The highest BCUT2D eigenvalue weighted by atomic mass is 16.4. The Kier molecular flexibility index (Phi) is 12.5. The summed E-state index contributed by atoms with van der Waals surface area (Å²) >= 11 is 0. The Labute approximate surface area is 180 Å². The fourth-order valence-corrected chi connectivity index (χ4v) is 3.51. The molecule has 13 nitrogen and oxygen atoms in total. The Bertz CT molecular complexity index is 548. The van der Waals surface area contributed by atoms with Crippen LogP contribution in [-0.2, 0) is 14.4 Å². The van der Waals surface area contributed by atoms with Crippen LogP contribution in [0.1, 0.15) is 0 Å². The zero-order chi connectivity index (χ0) is 23.4. The van der Waals surface area contributed by atoms with E-state index in [9.17, 15) is 45.0 Å². The number of carboxylic acids is 3. The first-order chi connectivity index (χ1) is 14.7. The Morgan fingerprint density at radius 1 is 0.645 bits per heavy atom. The molecule has 1 saturated heterocycles. The van der Waals surface area contributed by atoms with E-state index in [0.29, 0.717) is 0 Å². The summed E-state index contributed by atoms with van der Waals surface area (Å²) in [6.45, 7) is -0.648. The van der Waals surface area contributed by atoms with E-state index in [2.05, 4.69) is 0 Å². The number of aliphatic hydroxyl groups is 3. The zero-order valence-electron chi connectivity index (χ0n) is 17.4. The van der Waals surface area contributed by atoms with Gasteiger partial charge >= 0.3 is 0 Å². The number of hydrogen-bond donors (Lipinski definition) is 3. The molecule has 0 saturated carbocycles. The zero-order valence-corrected chi connectivity index (χ0v) is 17.4. The van der Waals surface area contributed by atoms with Crippen LogP contribution in [0.4, 0.5) is 0 Å². The van der Waals surface area contributed by atoms with Gasteiger partial charge in [0.05, 0.1) is 43.3 Å². The summed E-state index contributed by atoms with van der Waals surface area (Å²) in [6.07, 6.45) is -1.25. The minimum atomic E-state index is -1.31. The molecule has 0 unspecified atom stereocenters. The molecule has 0 aliphatic carbocycles. The monoisotopic (exact) mass is 447 g/mol. The van der Waals surface area contributed by atoms with Crippen LogP contribution >= 0.6 is 0 Å². The van der Waals surface area contributed by atoms with Crippen LogP contribution in [0.25, 0.3) is 0 Å². The molecular formula is C18H31N4O9-3. The number of rotatable bonds is 10. The number of nitrogens with zero attached hydrogens (tertiary/aromatic N) is 4. The minimum Gasteiger partial charge on any atom is -0.549 e. The number of carbonyl (C=O) groups is 3. The molecule has 13 heteroatoms. The van der Waals surface area contributed by atoms with Crippen molar-refractivity contribution in [2.75, 3.05) is 85.2 Å². The van der Waals surface area contributed by atoms with Crippen LogP contribution in [-0.4, -0.2) is 150 Å². The Morgan fingerprint density at radius 2 is 0.968 bits per heavy atom. The van der Waals surface area contributed by atoms with E-state index in [1.54, 1.807) is 14.7 Å². The molecule has 0 aromatic rings. The van der Waals surface area contributed by atoms with Crippen molar-refractivity contribution in [1.82, 2.24) is 19.6 Å². The normalized spacial score (nSPS) is 21.0. The average Bonchev–Trinajstić information content (AvgIpc) is 2.68. The molecule has 0 aromatic heterocycles. The lowest BCUT2D eigenvalue weighted by molar-refractivity contribution is -0.308. The van der Waals surface area contributed by atoms with Gasteiger partial charge in [-0.15, -0.1) is 0 Å². The van der Waals surface area contributed by atoms with Crippen LogP contribution < -0.4 is 15.3 Å². The quantitative estimate of drug-likeness (QED) is 0.286. The van der Waals surface area contributed by atoms with E-state index in [-0.39, 0.29) is 58.9 Å². The van der Waals surface area contributed by atoms with E-state index in [0.717, 1.165) is 0 Å². The van der Waals surface area contributed by atoms with Gasteiger partial charge < -0.3 is 45.0 Å². The average molecular weight is 447 g/mol. The lowest BCUT2D eigenvalue weighted by atomic mass is 10.1. The second kappa shape index (κ2) is 14.2. The van der Waals surface area contributed by atoms with Crippen molar-refractivity contribution in [1.29, 1.82) is 0 Å². The Balaban J connectivity index is 3.05. The molecule has 2 atom stereocenters. The Morgan fingerprint density at radius 3 is 1.23 bits per heavy atom. The third kappa shape index (κ3) is 10.8. The first-order valence-corrected chi connectivity index (χ1v) is 10.1. The first-order valence-electron chi connectivity index (χ1n) is 10.1. The molecule has 0 aromatic carbocycles.